The van der Waals surface area contributed by atoms with Crippen LogP contribution in [0, 0.1) is 11.7 Å². The van der Waals surface area contributed by atoms with Gasteiger partial charge in [0, 0.05) is 22.8 Å². The number of carbonyl (C=O) groups is 1. The van der Waals surface area contributed by atoms with E-state index in [4.69, 9.17) is 5.11 Å². The van der Waals surface area contributed by atoms with Gasteiger partial charge in [-0.15, -0.1) is 11.8 Å². The average molecular weight is 242 g/mol. The molecule has 0 spiro atoms. The molecule has 0 saturated heterocycles. The number of benzene rings is 1. The number of carbonyl (C=O) groups excluding carboxylic acids is 1. The van der Waals surface area contributed by atoms with Crippen LogP contribution in [0.2, 0.25) is 0 Å². The molecule has 0 bridgehead atoms. The fourth-order valence-corrected chi connectivity index (χ4v) is 2.28. The molecule has 0 saturated carbocycles. The van der Waals surface area contributed by atoms with E-state index in [0.717, 1.165) is 4.90 Å². The summed E-state index contributed by atoms with van der Waals surface area (Å²) >= 11 is 1.47. The van der Waals surface area contributed by atoms with Crippen molar-refractivity contribution in [1.82, 2.24) is 0 Å². The molecule has 0 aliphatic carbocycles. The van der Waals surface area contributed by atoms with Gasteiger partial charge in [0.25, 0.3) is 0 Å². The fraction of sp³-hybridized carbons (Fsp3) is 0.417. The first-order valence-corrected chi connectivity index (χ1v) is 6.07. The number of thioether (sulfide) groups is 1. The number of rotatable bonds is 5. The highest BCUT2D eigenvalue weighted by Crippen LogP contribution is 2.25. The van der Waals surface area contributed by atoms with Gasteiger partial charge in [-0.05, 0) is 31.0 Å². The smallest absolute Gasteiger partial charge is 0.161 e. The van der Waals surface area contributed by atoms with Crippen LogP contribution in [0.15, 0.2) is 23.1 Å². The number of hydrogen-bond donors (Lipinski definition) is 1. The molecule has 88 valence electrons. The summed E-state index contributed by atoms with van der Waals surface area (Å²) in [5.41, 5.74) is 0.412. The number of aliphatic hydroxyl groups excluding tert-OH is 1. The van der Waals surface area contributed by atoms with Gasteiger partial charge in [-0.2, -0.15) is 0 Å². The van der Waals surface area contributed by atoms with E-state index in [0.29, 0.717) is 11.3 Å². The molecule has 1 N–H and O–H groups in total. The van der Waals surface area contributed by atoms with Crippen molar-refractivity contribution in [3.63, 3.8) is 0 Å². The van der Waals surface area contributed by atoms with E-state index in [-0.39, 0.29) is 18.3 Å². The predicted octanol–water partition coefficient (Wildman–Crippen LogP) is 2.75. The van der Waals surface area contributed by atoms with Crippen LogP contribution in [0.4, 0.5) is 4.39 Å². The molecule has 4 heteroatoms. The molecule has 0 heterocycles. The van der Waals surface area contributed by atoms with Gasteiger partial charge in [0.15, 0.2) is 5.78 Å². The molecule has 0 aliphatic rings. The zero-order valence-electron chi connectivity index (χ0n) is 9.37. The van der Waals surface area contributed by atoms with Crippen molar-refractivity contribution >= 4 is 17.5 Å². The highest BCUT2D eigenvalue weighted by molar-refractivity contribution is 7.99. The summed E-state index contributed by atoms with van der Waals surface area (Å²) in [5.74, 6) is 0.334. The second-order valence-electron chi connectivity index (χ2n) is 3.80. The molecule has 1 unspecified atom stereocenters. The summed E-state index contributed by atoms with van der Waals surface area (Å²) in [6.45, 7) is 3.46. The van der Waals surface area contributed by atoms with Crippen molar-refractivity contribution in [2.24, 2.45) is 5.92 Å². The summed E-state index contributed by atoms with van der Waals surface area (Å²) in [6.07, 6.45) is 0. The lowest BCUT2D eigenvalue weighted by Gasteiger charge is -2.09. The molecule has 0 radical (unpaired) electrons. The Kier molecular flexibility index (Phi) is 4.96. The van der Waals surface area contributed by atoms with Gasteiger partial charge >= 0.3 is 0 Å². The van der Waals surface area contributed by atoms with E-state index < -0.39 is 5.82 Å². The maximum atomic E-state index is 13.0. The second kappa shape index (κ2) is 6.01. The molecule has 1 aromatic carbocycles. The van der Waals surface area contributed by atoms with Gasteiger partial charge in [-0.3, -0.25) is 4.79 Å². The minimum atomic E-state index is -0.398. The molecular weight excluding hydrogens is 227 g/mol. The largest absolute Gasteiger partial charge is 0.396 e. The first-order chi connectivity index (χ1) is 7.54. The maximum Gasteiger partial charge on any atom is 0.161 e. The molecule has 1 rings (SSSR count). The van der Waals surface area contributed by atoms with Gasteiger partial charge in [-0.25, -0.2) is 4.39 Å². The fourth-order valence-electron chi connectivity index (χ4n) is 1.19. The van der Waals surface area contributed by atoms with Crippen molar-refractivity contribution in [2.75, 3.05) is 12.4 Å². The van der Waals surface area contributed by atoms with Crippen LogP contribution in [0.3, 0.4) is 0 Å². The summed E-state index contributed by atoms with van der Waals surface area (Å²) in [4.78, 5) is 12.1. The summed E-state index contributed by atoms with van der Waals surface area (Å²) in [7, 11) is 0. The molecule has 0 aliphatic heterocycles. The molecule has 0 aromatic heterocycles. The Morgan fingerprint density at radius 2 is 2.25 bits per heavy atom. The van der Waals surface area contributed by atoms with E-state index in [2.05, 4.69) is 0 Å². The number of halogens is 1. The average Bonchev–Trinajstić information content (AvgIpc) is 2.26. The standard InChI is InChI=1S/C12H15FO2S/c1-8(6-14)7-16-12-4-3-10(13)5-11(12)9(2)15/h3-5,8,14H,6-7H2,1-2H3. The lowest BCUT2D eigenvalue weighted by Crippen LogP contribution is -2.04. The van der Waals surface area contributed by atoms with Crippen molar-refractivity contribution in [3.8, 4) is 0 Å². The van der Waals surface area contributed by atoms with Gasteiger partial charge in [0.1, 0.15) is 5.82 Å². The molecule has 0 amide bonds. The molecule has 16 heavy (non-hydrogen) atoms. The molecule has 2 nitrogen and oxygen atoms in total. The van der Waals surface area contributed by atoms with Crippen molar-refractivity contribution < 1.29 is 14.3 Å². The summed E-state index contributed by atoms with van der Waals surface area (Å²) in [5, 5.41) is 8.90. The SMILES string of the molecule is CC(=O)c1cc(F)ccc1SCC(C)CO. The third-order valence-corrected chi connectivity index (χ3v) is 3.56. The molecule has 0 fully saturated rings. The van der Waals surface area contributed by atoms with Gasteiger partial charge in [-0.1, -0.05) is 6.92 Å². The number of hydrogen-bond acceptors (Lipinski definition) is 3. The lowest BCUT2D eigenvalue weighted by molar-refractivity contribution is 0.101. The van der Waals surface area contributed by atoms with E-state index in [1.54, 1.807) is 6.07 Å². The van der Waals surface area contributed by atoms with Crippen molar-refractivity contribution in [1.29, 1.82) is 0 Å². The third kappa shape index (κ3) is 3.61. The normalized spacial score (nSPS) is 12.5. The first-order valence-electron chi connectivity index (χ1n) is 5.08. The minimum Gasteiger partial charge on any atom is -0.396 e. The predicted molar refractivity (Wildman–Crippen MR) is 63.4 cm³/mol. The van der Waals surface area contributed by atoms with Crippen molar-refractivity contribution in [2.45, 2.75) is 18.7 Å². The molecule has 1 aromatic rings. The number of Topliss-reactive ketones (excluding diaryl/α,β-unsaturated/α-hetero) is 1. The van der Waals surface area contributed by atoms with E-state index in [9.17, 15) is 9.18 Å². The first kappa shape index (κ1) is 13.2. The molecular formula is C12H15FO2S. The highest BCUT2D eigenvalue weighted by atomic mass is 32.2. The highest BCUT2D eigenvalue weighted by Gasteiger charge is 2.10. The van der Waals surface area contributed by atoms with E-state index in [1.807, 2.05) is 6.92 Å². The monoisotopic (exact) mass is 242 g/mol. The van der Waals surface area contributed by atoms with Gasteiger partial charge < -0.3 is 5.11 Å². The van der Waals surface area contributed by atoms with E-state index >= 15 is 0 Å². The Labute approximate surface area is 98.9 Å². The Bertz CT molecular complexity index is 379. The van der Waals surface area contributed by atoms with Crippen molar-refractivity contribution in [3.05, 3.63) is 29.6 Å². The molecule has 1 atom stereocenters. The number of aliphatic hydroxyl groups is 1. The van der Waals surface area contributed by atoms with Crippen LogP contribution < -0.4 is 0 Å². The van der Waals surface area contributed by atoms with Crippen LogP contribution in [0.1, 0.15) is 24.2 Å². The van der Waals surface area contributed by atoms with Gasteiger partial charge in [0.05, 0.1) is 0 Å². The van der Waals surface area contributed by atoms with Crippen LogP contribution in [-0.2, 0) is 0 Å². The zero-order valence-corrected chi connectivity index (χ0v) is 10.2. The lowest BCUT2D eigenvalue weighted by atomic mass is 10.1. The van der Waals surface area contributed by atoms with E-state index in [1.165, 1.54) is 30.8 Å². The second-order valence-corrected chi connectivity index (χ2v) is 4.86. The summed E-state index contributed by atoms with van der Waals surface area (Å²) in [6, 6.07) is 4.22. The summed E-state index contributed by atoms with van der Waals surface area (Å²) < 4.78 is 13.0. The van der Waals surface area contributed by atoms with Crippen LogP contribution in [0.25, 0.3) is 0 Å². The quantitative estimate of drug-likeness (QED) is 0.637. The Hall–Kier alpha value is -0.870. The third-order valence-electron chi connectivity index (χ3n) is 2.16. The Morgan fingerprint density at radius 1 is 1.56 bits per heavy atom. The topological polar surface area (TPSA) is 37.3 Å². The van der Waals surface area contributed by atoms with Crippen LogP contribution in [-0.4, -0.2) is 23.2 Å². The Balaban J connectivity index is 2.82. The van der Waals surface area contributed by atoms with Crippen LogP contribution >= 0.6 is 11.8 Å². The maximum absolute atomic E-state index is 13.0. The minimum absolute atomic E-state index is 0.115. The Morgan fingerprint density at radius 3 is 2.81 bits per heavy atom. The van der Waals surface area contributed by atoms with Gasteiger partial charge in [0.2, 0.25) is 0 Å². The van der Waals surface area contributed by atoms with Crippen LogP contribution in [0.5, 0.6) is 0 Å². The number of ketones is 1. The zero-order chi connectivity index (χ0) is 12.1.